The Balaban J connectivity index is 1.23. The maximum absolute atomic E-state index is 13.0. The molecule has 4 heterocycles. The number of thioether (sulfide) groups is 2. The maximum atomic E-state index is 13.0. The van der Waals surface area contributed by atoms with Crippen molar-refractivity contribution in [2.45, 2.75) is 64.5 Å². The van der Waals surface area contributed by atoms with Gasteiger partial charge >= 0.3 is 0 Å². The first-order chi connectivity index (χ1) is 17.8. The molecular weight excluding hydrogens is 565 g/mol. The first kappa shape index (κ1) is 30.0. The number of fused-ring (bicyclic) bond motifs is 2. The van der Waals surface area contributed by atoms with E-state index in [0.29, 0.717) is 24.3 Å². The normalized spacial score (nSPS) is 25.8. The van der Waals surface area contributed by atoms with Gasteiger partial charge in [-0.25, -0.2) is 0 Å². The Kier molecular flexibility index (Phi) is 9.41. The molecule has 4 amide bonds. The van der Waals surface area contributed by atoms with Crippen LogP contribution < -0.4 is 0 Å². The molecule has 0 radical (unpaired) electrons. The molecule has 0 aliphatic carbocycles. The van der Waals surface area contributed by atoms with Crippen LogP contribution in [0.3, 0.4) is 0 Å². The second kappa shape index (κ2) is 11.9. The van der Waals surface area contributed by atoms with Crippen molar-refractivity contribution < 1.29 is 28.3 Å². The molecule has 210 valence electrons. The predicted molar refractivity (Wildman–Crippen MR) is 154 cm³/mol. The SMILES string of the molecule is CC(C)(CC[S+]([O-])CC[S+]([O-])CCC(C)(C)N1C(=O)C=C2SCCC2C1=O)N1C(=O)C=C2SCCC2C1=O. The monoisotopic (exact) mass is 600 g/mol. The lowest BCUT2D eigenvalue weighted by Gasteiger charge is -2.40. The molecule has 12 heteroatoms. The fourth-order valence-corrected chi connectivity index (χ4v) is 11.0. The van der Waals surface area contributed by atoms with Gasteiger partial charge < -0.3 is 9.11 Å². The highest BCUT2D eigenvalue weighted by Gasteiger charge is 2.46. The van der Waals surface area contributed by atoms with Gasteiger partial charge in [-0.2, -0.15) is 0 Å². The predicted octanol–water partition coefficient (Wildman–Crippen LogP) is 2.83. The summed E-state index contributed by atoms with van der Waals surface area (Å²) in [6.45, 7) is 7.30. The molecule has 0 aromatic heterocycles. The molecule has 4 aliphatic heterocycles. The molecule has 0 aromatic carbocycles. The van der Waals surface area contributed by atoms with Crippen LogP contribution >= 0.6 is 23.5 Å². The lowest BCUT2D eigenvalue weighted by atomic mass is 9.92. The number of carbonyl (C=O) groups excluding carboxylic acids is 4. The standard InChI is InChI=1S/C26H36N2O6S4/c1-25(2,27-21(29)15-19-17(23(27)31)5-9-35-19)7-11-37(33)13-14-38(34)12-8-26(3,4)28-22(30)16-20-18(24(28)32)6-10-36-20/h15-18H,5-14H2,1-4H3. The highest BCUT2D eigenvalue weighted by atomic mass is 32.2. The summed E-state index contributed by atoms with van der Waals surface area (Å²) < 4.78 is 25.5. The molecule has 8 nitrogen and oxygen atoms in total. The highest BCUT2D eigenvalue weighted by molar-refractivity contribution is 8.03. The van der Waals surface area contributed by atoms with E-state index in [0.717, 1.165) is 34.2 Å². The van der Waals surface area contributed by atoms with E-state index in [1.807, 2.05) is 27.7 Å². The van der Waals surface area contributed by atoms with Gasteiger partial charge in [0.1, 0.15) is 23.0 Å². The maximum Gasteiger partial charge on any atom is 0.254 e. The molecule has 4 rings (SSSR count). The number of imide groups is 2. The Hall–Kier alpha value is -0.920. The number of carbonyl (C=O) groups is 4. The minimum Gasteiger partial charge on any atom is -0.616 e. The van der Waals surface area contributed by atoms with Crippen molar-refractivity contribution >= 4 is 69.5 Å². The summed E-state index contributed by atoms with van der Waals surface area (Å²) in [6.07, 6.45) is 5.41. The molecule has 0 N–H and O–H groups in total. The third kappa shape index (κ3) is 6.35. The van der Waals surface area contributed by atoms with Gasteiger partial charge in [-0.15, -0.1) is 23.5 Å². The van der Waals surface area contributed by atoms with Crippen LogP contribution in [0.4, 0.5) is 0 Å². The van der Waals surface area contributed by atoms with Crippen LogP contribution in [-0.4, -0.2) is 88.1 Å². The van der Waals surface area contributed by atoms with Crippen molar-refractivity contribution in [2.24, 2.45) is 11.8 Å². The number of amides is 4. The van der Waals surface area contributed by atoms with E-state index in [9.17, 15) is 28.3 Å². The van der Waals surface area contributed by atoms with Crippen molar-refractivity contribution in [3.63, 3.8) is 0 Å². The fourth-order valence-electron chi connectivity index (χ4n) is 5.29. The number of hydrogen-bond donors (Lipinski definition) is 0. The summed E-state index contributed by atoms with van der Waals surface area (Å²) >= 11 is 0.628. The lowest BCUT2D eigenvalue weighted by molar-refractivity contribution is -0.153. The average molecular weight is 601 g/mol. The van der Waals surface area contributed by atoms with E-state index >= 15 is 0 Å². The van der Waals surface area contributed by atoms with Crippen molar-refractivity contribution in [1.29, 1.82) is 0 Å². The zero-order chi connectivity index (χ0) is 27.8. The molecule has 2 saturated heterocycles. The highest BCUT2D eigenvalue weighted by Crippen LogP contribution is 2.43. The third-order valence-corrected chi connectivity index (χ3v) is 12.9. The zero-order valence-corrected chi connectivity index (χ0v) is 25.6. The van der Waals surface area contributed by atoms with E-state index in [1.54, 1.807) is 35.7 Å². The molecule has 0 spiro atoms. The quantitative estimate of drug-likeness (QED) is 0.262. The molecule has 0 bridgehead atoms. The smallest absolute Gasteiger partial charge is 0.254 e. The van der Waals surface area contributed by atoms with Crippen molar-refractivity contribution in [1.82, 2.24) is 9.80 Å². The van der Waals surface area contributed by atoms with Crippen molar-refractivity contribution in [3.8, 4) is 0 Å². The summed E-state index contributed by atoms with van der Waals surface area (Å²) in [4.78, 5) is 55.6. The van der Waals surface area contributed by atoms with Gasteiger partial charge in [0.15, 0.2) is 0 Å². The summed E-state index contributed by atoms with van der Waals surface area (Å²) in [5.41, 5.74) is -1.52. The van der Waals surface area contributed by atoms with Crippen molar-refractivity contribution in [2.75, 3.05) is 34.5 Å². The van der Waals surface area contributed by atoms with Crippen LogP contribution in [0.1, 0.15) is 53.4 Å². The van der Waals surface area contributed by atoms with Gasteiger partial charge in [-0.05, 0) is 74.4 Å². The Morgan fingerprint density at radius 1 is 0.737 bits per heavy atom. The van der Waals surface area contributed by atoms with Crippen LogP contribution in [-0.2, 0) is 41.5 Å². The largest absolute Gasteiger partial charge is 0.616 e. The van der Waals surface area contributed by atoms with E-state index in [4.69, 9.17) is 0 Å². The summed E-state index contributed by atoms with van der Waals surface area (Å²) in [7, 11) is 0. The first-order valence-corrected chi connectivity index (χ1v) is 17.9. The van der Waals surface area contributed by atoms with Crippen LogP contribution in [0.15, 0.2) is 22.0 Å². The van der Waals surface area contributed by atoms with E-state index in [2.05, 4.69) is 0 Å². The van der Waals surface area contributed by atoms with Crippen LogP contribution in [0.25, 0.3) is 0 Å². The summed E-state index contributed by atoms with van der Waals surface area (Å²) in [5, 5.41) is 0. The van der Waals surface area contributed by atoms with Gasteiger partial charge in [0.05, 0.1) is 11.8 Å². The van der Waals surface area contributed by atoms with Gasteiger partial charge in [0.2, 0.25) is 11.8 Å². The lowest BCUT2D eigenvalue weighted by Crippen LogP contribution is -2.55. The molecule has 0 aromatic rings. The third-order valence-electron chi connectivity index (χ3n) is 7.68. The summed E-state index contributed by atoms with van der Waals surface area (Å²) in [6, 6.07) is 0. The van der Waals surface area contributed by atoms with Gasteiger partial charge in [-0.3, -0.25) is 29.0 Å². The molecule has 0 saturated carbocycles. The number of rotatable bonds is 11. The van der Waals surface area contributed by atoms with Crippen molar-refractivity contribution in [3.05, 3.63) is 22.0 Å². The first-order valence-electron chi connectivity index (χ1n) is 13.0. The molecule has 4 unspecified atom stereocenters. The Labute approximate surface area is 239 Å². The second-order valence-electron chi connectivity index (χ2n) is 11.3. The zero-order valence-electron chi connectivity index (χ0n) is 22.4. The van der Waals surface area contributed by atoms with Gasteiger partial charge in [0, 0.05) is 45.9 Å². The number of nitrogens with zero attached hydrogens (tertiary/aromatic N) is 2. The van der Waals surface area contributed by atoms with Crippen LogP contribution in [0, 0.1) is 11.8 Å². The van der Waals surface area contributed by atoms with E-state index in [1.165, 1.54) is 9.80 Å². The average Bonchev–Trinajstić information content (AvgIpc) is 3.49. The van der Waals surface area contributed by atoms with Gasteiger partial charge in [-0.1, -0.05) is 0 Å². The molecule has 4 atom stereocenters. The number of hydrogen-bond acceptors (Lipinski definition) is 8. The fraction of sp³-hybridized carbons (Fsp3) is 0.692. The summed E-state index contributed by atoms with van der Waals surface area (Å²) in [5.74, 6) is 1.36. The minimum atomic E-state index is -1.25. The topological polar surface area (TPSA) is 121 Å². The minimum absolute atomic E-state index is 0.166. The Morgan fingerprint density at radius 2 is 1.11 bits per heavy atom. The van der Waals surface area contributed by atoms with Crippen LogP contribution in [0.2, 0.25) is 0 Å². The van der Waals surface area contributed by atoms with E-state index < -0.39 is 33.4 Å². The Morgan fingerprint density at radius 3 is 1.47 bits per heavy atom. The molecule has 38 heavy (non-hydrogen) atoms. The second-order valence-corrected chi connectivity index (χ2v) is 17.0. The Bertz CT molecular complexity index is 976. The van der Waals surface area contributed by atoms with Gasteiger partial charge in [0.25, 0.3) is 11.8 Å². The van der Waals surface area contributed by atoms with Crippen LogP contribution in [0.5, 0.6) is 0 Å². The van der Waals surface area contributed by atoms with E-state index in [-0.39, 0.29) is 47.0 Å². The molecule has 2 fully saturated rings. The molecular formula is C26H36N2O6S4. The molecule has 4 aliphatic rings.